The largest absolute Gasteiger partial charge is 0.273 e. The summed E-state index contributed by atoms with van der Waals surface area (Å²) in [4.78, 5) is 9.36. The van der Waals surface area contributed by atoms with Crippen LogP contribution in [0.4, 0.5) is 18.9 Å². The third kappa shape index (κ3) is 2.03. The van der Waals surface area contributed by atoms with Crippen molar-refractivity contribution in [2.75, 3.05) is 0 Å². The summed E-state index contributed by atoms with van der Waals surface area (Å²) in [5.41, 5.74) is -1.44. The van der Waals surface area contributed by atoms with Crippen molar-refractivity contribution >= 4 is 21.6 Å². The first-order valence-electron chi connectivity index (χ1n) is 3.35. The molecule has 0 spiro atoms. The van der Waals surface area contributed by atoms with Crippen LogP contribution in [0.3, 0.4) is 0 Å². The average Bonchev–Trinajstić information content (AvgIpc) is 2.01. The van der Waals surface area contributed by atoms with Gasteiger partial charge in [0.25, 0.3) is 12.1 Å². The molecule has 1 rings (SSSR count). The standard InChI is InChI=1S/C7H3BrF3NO2/c8-4-1-3(12(13)14)2-5(9)6(4)7(10)11/h1-2,7H. The maximum atomic E-state index is 12.9. The lowest BCUT2D eigenvalue weighted by Crippen LogP contribution is -1.96. The molecule has 0 aliphatic carbocycles. The minimum atomic E-state index is -3.01. The summed E-state index contributed by atoms with van der Waals surface area (Å²) >= 11 is 2.64. The van der Waals surface area contributed by atoms with Crippen molar-refractivity contribution < 1.29 is 18.1 Å². The number of alkyl halides is 2. The Hall–Kier alpha value is -1.11. The van der Waals surface area contributed by atoms with Gasteiger partial charge in [-0.05, 0) is 15.9 Å². The van der Waals surface area contributed by atoms with E-state index in [0.29, 0.717) is 6.07 Å². The zero-order valence-corrected chi connectivity index (χ0v) is 8.09. The number of non-ortho nitro benzene ring substituents is 1. The highest BCUT2D eigenvalue weighted by Gasteiger charge is 2.21. The Morgan fingerprint density at radius 1 is 1.43 bits per heavy atom. The van der Waals surface area contributed by atoms with Crippen LogP contribution in [-0.2, 0) is 0 Å². The Labute approximate surface area is 84.8 Å². The van der Waals surface area contributed by atoms with Crippen LogP contribution < -0.4 is 0 Å². The normalized spacial score (nSPS) is 10.6. The molecule has 0 aliphatic heterocycles. The van der Waals surface area contributed by atoms with Gasteiger partial charge in [0.05, 0.1) is 16.6 Å². The van der Waals surface area contributed by atoms with Crippen LogP contribution in [0.1, 0.15) is 12.0 Å². The van der Waals surface area contributed by atoms with Crippen LogP contribution in [0, 0.1) is 15.9 Å². The lowest BCUT2D eigenvalue weighted by molar-refractivity contribution is -0.385. The Kier molecular flexibility index (Phi) is 3.10. The fourth-order valence-electron chi connectivity index (χ4n) is 0.885. The second-order valence-corrected chi connectivity index (χ2v) is 3.24. The van der Waals surface area contributed by atoms with Crippen molar-refractivity contribution in [2.45, 2.75) is 6.43 Å². The van der Waals surface area contributed by atoms with Gasteiger partial charge in [0.15, 0.2) is 0 Å². The smallest absolute Gasteiger partial charge is 0.258 e. The summed E-state index contributed by atoms with van der Waals surface area (Å²) in [5.74, 6) is -1.29. The molecule has 0 bridgehead atoms. The van der Waals surface area contributed by atoms with Crippen LogP contribution in [0.5, 0.6) is 0 Å². The van der Waals surface area contributed by atoms with E-state index in [1.54, 1.807) is 0 Å². The summed E-state index contributed by atoms with van der Waals surface area (Å²) in [5, 5.41) is 10.2. The Bertz CT molecular complexity index is 360. The highest BCUT2D eigenvalue weighted by Crippen LogP contribution is 2.32. The zero-order valence-electron chi connectivity index (χ0n) is 6.51. The Balaban J connectivity index is 3.32. The van der Waals surface area contributed by atoms with Gasteiger partial charge >= 0.3 is 0 Å². The molecule has 0 aromatic heterocycles. The van der Waals surface area contributed by atoms with Crippen molar-refractivity contribution in [2.24, 2.45) is 0 Å². The van der Waals surface area contributed by atoms with Gasteiger partial charge in [0, 0.05) is 10.5 Å². The number of rotatable bonds is 2. The second-order valence-electron chi connectivity index (χ2n) is 2.38. The van der Waals surface area contributed by atoms with Gasteiger partial charge in [-0.25, -0.2) is 13.2 Å². The quantitative estimate of drug-likeness (QED) is 0.610. The van der Waals surface area contributed by atoms with E-state index < -0.39 is 28.4 Å². The van der Waals surface area contributed by atoms with Crippen molar-refractivity contribution in [3.8, 4) is 0 Å². The number of nitro benzene ring substituents is 1. The van der Waals surface area contributed by atoms with Crippen molar-refractivity contribution in [3.05, 3.63) is 38.1 Å². The number of hydrogen-bond acceptors (Lipinski definition) is 2. The molecular formula is C7H3BrF3NO2. The molecule has 0 N–H and O–H groups in total. The van der Waals surface area contributed by atoms with Gasteiger partial charge in [0.2, 0.25) is 0 Å². The molecule has 76 valence electrons. The molecule has 0 aliphatic rings. The molecule has 0 fully saturated rings. The number of benzene rings is 1. The summed E-state index contributed by atoms with van der Waals surface area (Å²) in [7, 11) is 0. The molecule has 1 aromatic rings. The van der Waals surface area contributed by atoms with Crippen LogP contribution in [0.15, 0.2) is 16.6 Å². The summed E-state index contributed by atoms with van der Waals surface area (Å²) in [6, 6.07) is 1.30. The molecule has 0 heterocycles. The van der Waals surface area contributed by atoms with Gasteiger partial charge in [0.1, 0.15) is 5.82 Å². The number of nitrogens with zero attached hydrogens (tertiary/aromatic N) is 1. The number of hydrogen-bond donors (Lipinski definition) is 0. The van der Waals surface area contributed by atoms with E-state index in [-0.39, 0.29) is 4.47 Å². The highest BCUT2D eigenvalue weighted by molar-refractivity contribution is 9.10. The van der Waals surface area contributed by atoms with E-state index in [0.717, 1.165) is 6.07 Å². The first-order valence-corrected chi connectivity index (χ1v) is 4.14. The van der Waals surface area contributed by atoms with Gasteiger partial charge in [-0.3, -0.25) is 10.1 Å². The number of halogens is 4. The van der Waals surface area contributed by atoms with E-state index in [2.05, 4.69) is 15.9 Å². The monoisotopic (exact) mass is 269 g/mol. The van der Waals surface area contributed by atoms with Crippen LogP contribution in [0.2, 0.25) is 0 Å². The maximum Gasteiger partial charge on any atom is 0.273 e. The zero-order chi connectivity index (χ0) is 10.9. The van der Waals surface area contributed by atoms with Crippen LogP contribution >= 0.6 is 15.9 Å². The summed E-state index contributed by atoms with van der Waals surface area (Å²) in [6.45, 7) is 0. The Morgan fingerprint density at radius 3 is 2.36 bits per heavy atom. The molecule has 1 aromatic carbocycles. The third-order valence-electron chi connectivity index (χ3n) is 1.49. The van der Waals surface area contributed by atoms with Crippen molar-refractivity contribution in [1.82, 2.24) is 0 Å². The van der Waals surface area contributed by atoms with E-state index in [4.69, 9.17) is 0 Å². The minimum absolute atomic E-state index is 0.306. The van der Waals surface area contributed by atoms with E-state index in [9.17, 15) is 23.3 Å². The van der Waals surface area contributed by atoms with E-state index in [1.807, 2.05) is 0 Å². The molecular weight excluding hydrogens is 267 g/mol. The van der Waals surface area contributed by atoms with Gasteiger partial charge in [-0.2, -0.15) is 0 Å². The van der Waals surface area contributed by atoms with Crippen LogP contribution in [0.25, 0.3) is 0 Å². The molecule has 14 heavy (non-hydrogen) atoms. The molecule has 0 atom stereocenters. The first kappa shape index (κ1) is 11.0. The molecule has 0 radical (unpaired) electrons. The summed E-state index contributed by atoms with van der Waals surface area (Å²) in [6.07, 6.45) is -3.01. The minimum Gasteiger partial charge on any atom is -0.258 e. The number of nitro groups is 1. The van der Waals surface area contributed by atoms with Gasteiger partial charge < -0.3 is 0 Å². The lowest BCUT2D eigenvalue weighted by atomic mass is 10.2. The van der Waals surface area contributed by atoms with E-state index in [1.165, 1.54) is 0 Å². The second kappa shape index (κ2) is 3.95. The van der Waals surface area contributed by atoms with Crippen LogP contribution in [-0.4, -0.2) is 4.92 Å². The molecule has 0 unspecified atom stereocenters. The van der Waals surface area contributed by atoms with E-state index >= 15 is 0 Å². The molecule has 7 heteroatoms. The molecule has 0 amide bonds. The highest BCUT2D eigenvalue weighted by atomic mass is 79.9. The Morgan fingerprint density at radius 2 is 2.00 bits per heavy atom. The lowest BCUT2D eigenvalue weighted by Gasteiger charge is -2.04. The maximum absolute atomic E-state index is 12.9. The fraction of sp³-hybridized carbons (Fsp3) is 0.143. The third-order valence-corrected chi connectivity index (χ3v) is 2.15. The molecule has 3 nitrogen and oxygen atoms in total. The predicted octanol–water partition coefficient (Wildman–Crippen LogP) is 3.43. The fourth-order valence-corrected chi connectivity index (χ4v) is 1.48. The van der Waals surface area contributed by atoms with Crippen molar-refractivity contribution in [1.29, 1.82) is 0 Å². The van der Waals surface area contributed by atoms with Crippen molar-refractivity contribution in [3.63, 3.8) is 0 Å². The van der Waals surface area contributed by atoms with Gasteiger partial charge in [-0.15, -0.1) is 0 Å². The van der Waals surface area contributed by atoms with Gasteiger partial charge in [-0.1, -0.05) is 0 Å². The molecule has 0 saturated heterocycles. The first-order chi connectivity index (χ1) is 6.43. The summed E-state index contributed by atoms with van der Waals surface area (Å²) < 4.78 is 37.0. The molecule has 0 saturated carbocycles. The average molecular weight is 270 g/mol. The SMILES string of the molecule is O=[N+]([O-])c1cc(F)c(C(F)F)c(Br)c1. The topological polar surface area (TPSA) is 43.1 Å². The predicted molar refractivity (Wildman–Crippen MR) is 45.7 cm³/mol.